The van der Waals surface area contributed by atoms with Crippen LogP contribution in [0.3, 0.4) is 0 Å². The molecular weight excluding hydrogens is 330 g/mol. The molecular formula is C16H14BrN3O. The van der Waals surface area contributed by atoms with Gasteiger partial charge in [-0.1, -0.05) is 22.0 Å². The number of fused-ring (bicyclic) bond motifs is 2. The summed E-state index contributed by atoms with van der Waals surface area (Å²) in [5, 5.41) is 7.22. The average molecular weight is 344 g/mol. The smallest absolute Gasteiger partial charge is 0.260 e. The Kier molecular flexibility index (Phi) is 2.63. The van der Waals surface area contributed by atoms with Crippen LogP contribution >= 0.6 is 15.9 Å². The molecule has 2 aromatic heterocycles. The molecule has 21 heavy (non-hydrogen) atoms. The van der Waals surface area contributed by atoms with Crippen molar-refractivity contribution in [3.63, 3.8) is 0 Å². The topological polar surface area (TPSA) is 39.8 Å². The number of benzene rings is 1. The molecule has 4 nitrogen and oxygen atoms in total. The van der Waals surface area contributed by atoms with Gasteiger partial charge in [-0.2, -0.15) is 5.10 Å². The second-order valence-electron chi connectivity index (χ2n) is 5.54. The first-order chi connectivity index (χ1) is 10.1. The Morgan fingerprint density at radius 1 is 1.43 bits per heavy atom. The molecule has 1 atom stereocenters. The number of allylic oxidation sites excluding steroid dienone is 1. The third-order valence-corrected chi connectivity index (χ3v) is 4.86. The Morgan fingerprint density at radius 2 is 2.24 bits per heavy atom. The lowest BCUT2D eigenvalue weighted by atomic mass is 10.1. The lowest BCUT2D eigenvalue weighted by molar-refractivity contribution is 0.432. The zero-order chi connectivity index (χ0) is 14.7. The molecule has 3 aromatic rings. The SMILES string of the molecule is C=CC1CCn2c(=O)c3cc(C)cc(Br)c3c3cnn1c32. The van der Waals surface area contributed by atoms with Crippen molar-refractivity contribution in [2.45, 2.75) is 25.9 Å². The maximum atomic E-state index is 12.8. The molecule has 0 saturated carbocycles. The zero-order valence-corrected chi connectivity index (χ0v) is 13.2. The summed E-state index contributed by atoms with van der Waals surface area (Å²) in [6.45, 7) is 6.59. The van der Waals surface area contributed by atoms with Crippen LogP contribution in [0.25, 0.3) is 21.8 Å². The van der Waals surface area contributed by atoms with Crippen LogP contribution in [0.1, 0.15) is 18.0 Å². The van der Waals surface area contributed by atoms with Gasteiger partial charge >= 0.3 is 0 Å². The van der Waals surface area contributed by atoms with Gasteiger partial charge in [0.05, 0.1) is 12.2 Å². The molecule has 0 N–H and O–H groups in total. The molecule has 1 aliphatic heterocycles. The fourth-order valence-electron chi connectivity index (χ4n) is 3.28. The van der Waals surface area contributed by atoms with Crippen molar-refractivity contribution in [2.75, 3.05) is 0 Å². The average Bonchev–Trinajstić information content (AvgIpc) is 2.89. The molecule has 0 saturated heterocycles. The molecule has 0 radical (unpaired) electrons. The normalized spacial score (nSPS) is 17.5. The zero-order valence-electron chi connectivity index (χ0n) is 11.6. The van der Waals surface area contributed by atoms with Crippen molar-refractivity contribution in [3.05, 3.63) is 51.4 Å². The Balaban J connectivity index is 2.29. The van der Waals surface area contributed by atoms with E-state index in [1.807, 2.05) is 40.6 Å². The van der Waals surface area contributed by atoms with E-state index in [4.69, 9.17) is 0 Å². The number of hydrogen-bond acceptors (Lipinski definition) is 2. The second kappa shape index (κ2) is 4.31. The van der Waals surface area contributed by atoms with Gasteiger partial charge in [0.2, 0.25) is 0 Å². The summed E-state index contributed by atoms with van der Waals surface area (Å²) >= 11 is 3.60. The van der Waals surface area contributed by atoms with Crippen LogP contribution in [-0.2, 0) is 6.54 Å². The quantitative estimate of drug-likeness (QED) is 0.634. The molecule has 106 valence electrons. The number of nitrogens with zero attached hydrogens (tertiary/aromatic N) is 3. The highest BCUT2D eigenvalue weighted by molar-refractivity contribution is 9.10. The van der Waals surface area contributed by atoms with Gasteiger partial charge in [0.1, 0.15) is 5.65 Å². The van der Waals surface area contributed by atoms with Gasteiger partial charge in [-0.05, 0) is 31.0 Å². The summed E-state index contributed by atoms with van der Waals surface area (Å²) < 4.78 is 4.71. The number of pyridine rings is 1. The molecule has 4 rings (SSSR count). The van der Waals surface area contributed by atoms with Crippen molar-refractivity contribution in [2.24, 2.45) is 0 Å². The lowest BCUT2D eigenvalue weighted by Crippen LogP contribution is -2.29. The van der Waals surface area contributed by atoms with Gasteiger partial charge in [0.15, 0.2) is 0 Å². The second-order valence-corrected chi connectivity index (χ2v) is 6.40. The minimum Gasteiger partial charge on any atom is -0.292 e. The van der Waals surface area contributed by atoms with Gasteiger partial charge in [-0.25, -0.2) is 4.68 Å². The van der Waals surface area contributed by atoms with Gasteiger partial charge in [-0.15, -0.1) is 6.58 Å². The first kappa shape index (κ1) is 12.8. The van der Waals surface area contributed by atoms with Crippen LogP contribution in [-0.4, -0.2) is 14.3 Å². The summed E-state index contributed by atoms with van der Waals surface area (Å²) in [4.78, 5) is 12.8. The highest BCUT2D eigenvalue weighted by Gasteiger charge is 2.24. The monoisotopic (exact) mass is 343 g/mol. The Morgan fingerprint density at radius 3 is 3.00 bits per heavy atom. The highest BCUT2D eigenvalue weighted by Crippen LogP contribution is 2.34. The number of halogens is 1. The standard InChI is InChI=1S/C16H14BrN3O/c1-3-10-4-5-19-15-12(8-18-20(10)15)14-11(16(19)21)6-9(2)7-13(14)17/h3,6-8,10H,1,4-5H2,2H3. The third-order valence-electron chi connectivity index (χ3n) is 4.24. The van der Waals surface area contributed by atoms with Crippen LogP contribution in [0.2, 0.25) is 0 Å². The Hall–Kier alpha value is -1.88. The van der Waals surface area contributed by atoms with Crippen LogP contribution in [0.15, 0.2) is 40.3 Å². The van der Waals surface area contributed by atoms with E-state index >= 15 is 0 Å². The number of rotatable bonds is 1. The highest BCUT2D eigenvalue weighted by atomic mass is 79.9. The van der Waals surface area contributed by atoms with Crippen molar-refractivity contribution >= 4 is 37.7 Å². The first-order valence-electron chi connectivity index (χ1n) is 6.94. The van der Waals surface area contributed by atoms with E-state index in [-0.39, 0.29) is 11.6 Å². The van der Waals surface area contributed by atoms with Crippen molar-refractivity contribution in [3.8, 4) is 0 Å². The van der Waals surface area contributed by atoms with Crippen molar-refractivity contribution in [1.82, 2.24) is 14.3 Å². The minimum atomic E-state index is 0.0613. The lowest BCUT2D eigenvalue weighted by Gasteiger charge is -2.23. The predicted molar refractivity (Wildman–Crippen MR) is 87.8 cm³/mol. The maximum absolute atomic E-state index is 12.8. The molecule has 1 aliphatic rings. The van der Waals surface area contributed by atoms with E-state index in [0.717, 1.165) is 38.3 Å². The number of aromatic nitrogens is 3. The van der Waals surface area contributed by atoms with Crippen LogP contribution in [0.5, 0.6) is 0 Å². The van der Waals surface area contributed by atoms with Crippen LogP contribution < -0.4 is 5.56 Å². The van der Waals surface area contributed by atoms with E-state index in [9.17, 15) is 4.79 Å². The molecule has 3 heterocycles. The molecule has 0 aliphatic carbocycles. The van der Waals surface area contributed by atoms with Crippen molar-refractivity contribution in [1.29, 1.82) is 0 Å². The summed E-state index contributed by atoms with van der Waals surface area (Å²) in [5.74, 6) is 0. The van der Waals surface area contributed by atoms with Gasteiger partial charge in [-0.3, -0.25) is 9.36 Å². The molecule has 0 spiro atoms. The van der Waals surface area contributed by atoms with Gasteiger partial charge in [0, 0.05) is 27.2 Å². The number of aryl methyl sites for hydroxylation is 2. The van der Waals surface area contributed by atoms with Gasteiger partial charge in [0.25, 0.3) is 5.56 Å². The molecule has 1 unspecified atom stereocenters. The van der Waals surface area contributed by atoms with E-state index < -0.39 is 0 Å². The van der Waals surface area contributed by atoms with E-state index in [1.165, 1.54) is 0 Å². The van der Waals surface area contributed by atoms with Crippen LogP contribution in [0.4, 0.5) is 0 Å². The fourth-order valence-corrected chi connectivity index (χ4v) is 4.07. The largest absolute Gasteiger partial charge is 0.292 e. The third kappa shape index (κ3) is 1.61. The molecule has 1 aromatic carbocycles. The maximum Gasteiger partial charge on any atom is 0.260 e. The summed E-state index contributed by atoms with van der Waals surface area (Å²) in [6, 6.07) is 4.16. The minimum absolute atomic E-state index is 0.0613. The van der Waals surface area contributed by atoms with Gasteiger partial charge < -0.3 is 0 Å². The molecule has 0 bridgehead atoms. The van der Waals surface area contributed by atoms with E-state index in [0.29, 0.717) is 6.54 Å². The summed E-state index contributed by atoms with van der Waals surface area (Å²) in [5.41, 5.74) is 2.03. The summed E-state index contributed by atoms with van der Waals surface area (Å²) in [7, 11) is 0. The molecule has 5 heteroatoms. The van der Waals surface area contributed by atoms with E-state index in [2.05, 4.69) is 27.6 Å². The van der Waals surface area contributed by atoms with Crippen molar-refractivity contribution < 1.29 is 0 Å². The number of hydrogen-bond donors (Lipinski definition) is 0. The molecule has 0 fully saturated rings. The Bertz CT molecular complexity index is 967. The van der Waals surface area contributed by atoms with Crippen LogP contribution in [0, 0.1) is 6.92 Å². The van der Waals surface area contributed by atoms with E-state index in [1.54, 1.807) is 0 Å². The Labute approximate surface area is 129 Å². The first-order valence-corrected chi connectivity index (χ1v) is 7.73. The predicted octanol–water partition coefficient (Wildman–Crippen LogP) is 3.55. The summed E-state index contributed by atoms with van der Waals surface area (Å²) in [6.07, 6.45) is 4.61. The fraction of sp³-hybridized carbons (Fsp3) is 0.250. The molecule has 0 amide bonds.